The van der Waals surface area contributed by atoms with E-state index in [1.165, 1.54) is 32.1 Å². The number of nitrogens with zero attached hydrogens (tertiary/aromatic N) is 4. The summed E-state index contributed by atoms with van der Waals surface area (Å²) in [5.74, 6) is 1.40. The van der Waals surface area contributed by atoms with Gasteiger partial charge in [0.25, 0.3) is 0 Å². The Balaban J connectivity index is 1.61. The number of rotatable bonds is 6. The van der Waals surface area contributed by atoms with Gasteiger partial charge in [-0.25, -0.2) is 9.67 Å². The first kappa shape index (κ1) is 16.8. The van der Waals surface area contributed by atoms with Crippen LogP contribution in [0.5, 0.6) is 0 Å². The minimum atomic E-state index is 0.0966. The average Bonchev–Trinajstić information content (AvgIpc) is 3.10. The Morgan fingerprint density at radius 3 is 2.88 bits per heavy atom. The number of aromatic nitrogens is 4. The van der Waals surface area contributed by atoms with E-state index in [1.807, 2.05) is 35.1 Å². The van der Waals surface area contributed by atoms with Gasteiger partial charge in [0, 0.05) is 35.9 Å². The maximum atomic E-state index is 8.99. The molecule has 3 N–H and O–H groups in total. The van der Waals surface area contributed by atoms with Crippen LogP contribution in [0.15, 0.2) is 36.7 Å². The lowest BCUT2D eigenvalue weighted by Gasteiger charge is -2.22. The van der Waals surface area contributed by atoms with Crippen LogP contribution >= 0.6 is 0 Å². The van der Waals surface area contributed by atoms with Crippen molar-refractivity contribution in [3.8, 4) is 5.82 Å². The lowest BCUT2D eigenvalue weighted by molar-refractivity contribution is 0.311. The highest BCUT2D eigenvalue weighted by Gasteiger charge is 2.15. The predicted molar refractivity (Wildman–Crippen MR) is 103 cm³/mol. The van der Waals surface area contributed by atoms with Crippen LogP contribution in [0.4, 0.5) is 11.6 Å². The fraction of sp³-hybridized carbons (Fsp3) is 0.421. The molecule has 0 unspecified atom stereocenters. The second kappa shape index (κ2) is 7.70. The van der Waals surface area contributed by atoms with Gasteiger partial charge in [-0.05, 0) is 31.0 Å². The zero-order chi connectivity index (χ0) is 17.8. The first-order chi connectivity index (χ1) is 12.8. The van der Waals surface area contributed by atoms with Crippen molar-refractivity contribution < 1.29 is 5.11 Å². The van der Waals surface area contributed by atoms with Crippen molar-refractivity contribution in [2.75, 3.05) is 23.8 Å². The van der Waals surface area contributed by atoms with E-state index >= 15 is 0 Å². The van der Waals surface area contributed by atoms with E-state index in [-0.39, 0.29) is 6.61 Å². The van der Waals surface area contributed by atoms with E-state index in [4.69, 9.17) is 5.11 Å². The lowest BCUT2D eigenvalue weighted by Crippen LogP contribution is -2.23. The zero-order valence-electron chi connectivity index (χ0n) is 14.7. The van der Waals surface area contributed by atoms with Crippen LogP contribution in [0.1, 0.15) is 32.1 Å². The SMILES string of the molecule is OCCNc1ccc2cnn(-c3ccnc(NC4CCCCC4)n3)c2c1. The summed E-state index contributed by atoms with van der Waals surface area (Å²) in [7, 11) is 0. The third-order valence-corrected chi connectivity index (χ3v) is 4.81. The molecular weight excluding hydrogens is 328 g/mol. The minimum Gasteiger partial charge on any atom is -0.395 e. The van der Waals surface area contributed by atoms with E-state index in [2.05, 4.69) is 25.7 Å². The third kappa shape index (κ3) is 3.62. The molecule has 1 aliphatic rings. The van der Waals surface area contributed by atoms with Gasteiger partial charge >= 0.3 is 0 Å². The molecule has 136 valence electrons. The summed E-state index contributed by atoms with van der Waals surface area (Å²) in [6.07, 6.45) is 9.83. The Kier molecular flexibility index (Phi) is 4.97. The van der Waals surface area contributed by atoms with Crippen LogP contribution < -0.4 is 10.6 Å². The lowest BCUT2D eigenvalue weighted by atomic mass is 9.96. The number of hydrogen-bond acceptors (Lipinski definition) is 6. The highest BCUT2D eigenvalue weighted by Crippen LogP contribution is 2.23. The maximum absolute atomic E-state index is 8.99. The molecule has 0 radical (unpaired) electrons. The smallest absolute Gasteiger partial charge is 0.224 e. The standard InChI is InChI=1S/C19H24N6O/c26-11-10-20-16-7-6-14-13-22-25(17(14)12-16)18-8-9-21-19(24-18)23-15-4-2-1-3-5-15/h6-9,12-13,15,20,26H,1-5,10-11H2,(H,21,23,24). The Morgan fingerprint density at radius 2 is 2.04 bits per heavy atom. The van der Waals surface area contributed by atoms with Gasteiger partial charge in [0.1, 0.15) is 0 Å². The van der Waals surface area contributed by atoms with Gasteiger partial charge in [0.15, 0.2) is 5.82 Å². The number of hydrogen-bond donors (Lipinski definition) is 3. The van der Waals surface area contributed by atoms with Gasteiger partial charge in [0.05, 0.1) is 18.3 Å². The molecule has 0 atom stereocenters. The van der Waals surface area contributed by atoms with Crippen LogP contribution in [0.25, 0.3) is 16.7 Å². The predicted octanol–water partition coefficient (Wildman–Crippen LogP) is 2.96. The summed E-state index contributed by atoms with van der Waals surface area (Å²) in [5, 5.41) is 21.2. The van der Waals surface area contributed by atoms with E-state index in [1.54, 1.807) is 6.20 Å². The molecule has 0 spiro atoms. The summed E-state index contributed by atoms with van der Waals surface area (Å²) >= 11 is 0. The van der Waals surface area contributed by atoms with Crippen molar-refractivity contribution >= 4 is 22.5 Å². The zero-order valence-corrected chi connectivity index (χ0v) is 14.7. The molecule has 0 saturated heterocycles. The van der Waals surface area contributed by atoms with Crippen molar-refractivity contribution in [1.82, 2.24) is 19.7 Å². The summed E-state index contributed by atoms with van der Waals surface area (Å²) in [6, 6.07) is 8.35. The quantitative estimate of drug-likeness (QED) is 0.632. The molecule has 4 rings (SSSR count). The summed E-state index contributed by atoms with van der Waals surface area (Å²) in [5.41, 5.74) is 1.91. The Labute approximate surface area is 152 Å². The molecule has 7 heteroatoms. The number of benzene rings is 1. The van der Waals surface area contributed by atoms with Crippen molar-refractivity contribution in [1.29, 1.82) is 0 Å². The molecule has 0 amide bonds. The first-order valence-electron chi connectivity index (χ1n) is 9.26. The van der Waals surface area contributed by atoms with Crippen LogP contribution in [-0.4, -0.2) is 44.0 Å². The molecule has 0 bridgehead atoms. The Hall–Kier alpha value is -2.67. The average molecular weight is 352 g/mol. The van der Waals surface area contributed by atoms with Gasteiger partial charge in [-0.15, -0.1) is 0 Å². The highest BCUT2D eigenvalue weighted by atomic mass is 16.3. The molecule has 7 nitrogen and oxygen atoms in total. The van der Waals surface area contributed by atoms with E-state index in [9.17, 15) is 0 Å². The second-order valence-corrected chi connectivity index (χ2v) is 6.70. The van der Waals surface area contributed by atoms with Crippen LogP contribution in [0, 0.1) is 0 Å². The number of aliphatic hydroxyl groups excluding tert-OH is 1. The first-order valence-corrected chi connectivity index (χ1v) is 9.26. The number of anilines is 2. The van der Waals surface area contributed by atoms with Gasteiger partial charge in [0.2, 0.25) is 5.95 Å². The third-order valence-electron chi connectivity index (χ3n) is 4.81. The maximum Gasteiger partial charge on any atom is 0.224 e. The van der Waals surface area contributed by atoms with Crippen molar-refractivity contribution in [3.05, 3.63) is 36.7 Å². The molecule has 2 aromatic heterocycles. The molecule has 1 aromatic carbocycles. The Morgan fingerprint density at radius 1 is 1.15 bits per heavy atom. The van der Waals surface area contributed by atoms with Gasteiger partial charge < -0.3 is 15.7 Å². The fourth-order valence-corrected chi connectivity index (χ4v) is 3.48. The molecule has 1 saturated carbocycles. The summed E-state index contributed by atoms with van der Waals surface area (Å²) in [4.78, 5) is 9.05. The molecular formula is C19H24N6O. The minimum absolute atomic E-state index is 0.0966. The molecule has 1 aliphatic carbocycles. The monoisotopic (exact) mass is 352 g/mol. The topological polar surface area (TPSA) is 87.9 Å². The molecule has 26 heavy (non-hydrogen) atoms. The normalized spacial score (nSPS) is 15.3. The van der Waals surface area contributed by atoms with Crippen LogP contribution in [0.3, 0.4) is 0 Å². The summed E-state index contributed by atoms with van der Waals surface area (Å²) in [6.45, 7) is 0.613. The van der Waals surface area contributed by atoms with Crippen LogP contribution in [-0.2, 0) is 0 Å². The van der Waals surface area contributed by atoms with Crippen molar-refractivity contribution in [2.45, 2.75) is 38.1 Å². The second-order valence-electron chi connectivity index (χ2n) is 6.70. The number of fused-ring (bicyclic) bond motifs is 1. The van der Waals surface area contributed by atoms with Crippen molar-refractivity contribution in [3.63, 3.8) is 0 Å². The van der Waals surface area contributed by atoms with Crippen molar-refractivity contribution in [2.24, 2.45) is 0 Å². The fourth-order valence-electron chi connectivity index (χ4n) is 3.48. The molecule has 0 aliphatic heterocycles. The van der Waals surface area contributed by atoms with Gasteiger partial charge in [-0.1, -0.05) is 19.3 Å². The van der Waals surface area contributed by atoms with E-state index in [0.717, 1.165) is 22.4 Å². The molecule has 2 heterocycles. The molecule has 1 fully saturated rings. The number of aliphatic hydroxyl groups is 1. The largest absolute Gasteiger partial charge is 0.395 e. The van der Waals surface area contributed by atoms with Crippen LogP contribution in [0.2, 0.25) is 0 Å². The Bertz CT molecular complexity index is 871. The number of nitrogens with one attached hydrogen (secondary N) is 2. The van der Waals surface area contributed by atoms with Gasteiger partial charge in [-0.3, -0.25) is 0 Å². The summed E-state index contributed by atoms with van der Waals surface area (Å²) < 4.78 is 1.83. The van der Waals surface area contributed by atoms with E-state index in [0.29, 0.717) is 18.5 Å². The van der Waals surface area contributed by atoms with E-state index < -0.39 is 0 Å². The molecule has 3 aromatic rings. The van der Waals surface area contributed by atoms with Gasteiger partial charge in [-0.2, -0.15) is 10.1 Å². The highest BCUT2D eigenvalue weighted by molar-refractivity contribution is 5.83.